The van der Waals surface area contributed by atoms with Gasteiger partial charge in [0.15, 0.2) is 0 Å². The predicted octanol–water partition coefficient (Wildman–Crippen LogP) is 0.304. The third-order valence-electron chi connectivity index (χ3n) is 1.87. The Hall–Kier alpha value is -1.52. The summed E-state index contributed by atoms with van der Waals surface area (Å²) in [5.74, 6) is -0.336. The molecule has 0 amide bonds. The van der Waals surface area contributed by atoms with Crippen LogP contribution < -0.4 is 11.4 Å². The molecule has 1 aromatic rings. The zero-order chi connectivity index (χ0) is 8.72. The lowest BCUT2D eigenvalue weighted by Crippen LogP contribution is -2.23. The quantitative estimate of drug-likeness (QED) is 0.651. The first-order valence-electron chi connectivity index (χ1n) is 3.74. The SMILES string of the molecule is Nc1cc([O])nc(=O)n1C1CC1. The summed E-state index contributed by atoms with van der Waals surface area (Å²) in [5.41, 5.74) is 4.96. The van der Waals surface area contributed by atoms with Gasteiger partial charge in [0, 0.05) is 12.1 Å². The van der Waals surface area contributed by atoms with Gasteiger partial charge in [-0.15, -0.1) is 0 Å². The maximum Gasteiger partial charge on any atom is 0.352 e. The Labute approximate surface area is 68.5 Å². The Morgan fingerprint density at radius 1 is 1.58 bits per heavy atom. The molecule has 0 spiro atoms. The van der Waals surface area contributed by atoms with Crippen molar-refractivity contribution in [3.63, 3.8) is 0 Å². The van der Waals surface area contributed by atoms with E-state index in [1.54, 1.807) is 0 Å². The highest BCUT2D eigenvalue weighted by Gasteiger charge is 2.26. The fourth-order valence-electron chi connectivity index (χ4n) is 1.19. The van der Waals surface area contributed by atoms with Gasteiger partial charge in [0.25, 0.3) is 5.88 Å². The van der Waals surface area contributed by atoms with Crippen LogP contribution in [0.4, 0.5) is 5.82 Å². The van der Waals surface area contributed by atoms with Crippen LogP contribution in [-0.2, 0) is 5.11 Å². The van der Waals surface area contributed by atoms with E-state index < -0.39 is 11.6 Å². The first-order chi connectivity index (χ1) is 5.68. The molecule has 1 aliphatic rings. The molecular formula is C7H8N3O2. The van der Waals surface area contributed by atoms with Crippen LogP contribution in [0.3, 0.4) is 0 Å². The van der Waals surface area contributed by atoms with E-state index in [0.29, 0.717) is 0 Å². The number of hydrogen-bond donors (Lipinski definition) is 1. The fraction of sp³-hybridized carbons (Fsp3) is 0.429. The Kier molecular flexibility index (Phi) is 1.33. The molecule has 2 N–H and O–H groups in total. The molecule has 1 aromatic heterocycles. The minimum atomic E-state index is -0.561. The summed E-state index contributed by atoms with van der Waals surface area (Å²) in [7, 11) is 0. The summed E-state index contributed by atoms with van der Waals surface area (Å²) >= 11 is 0. The van der Waals surface area contributed by atoms with Crippen molar-refractivity contribution in [1.29, 1.82) is 0 Å². The lowest BCUT2D eigenvalue weighted by atomic mass is 10.5. The summed E-state index contributed by atoms with van der Waals surface area (Å²) in [4.78, 5) is 14.4. The molecule has 2 rings (SSSR count). The van der Waals surface area contributed by atoms with E-state index in [1.165, 1.54) is 10.6 Å². The first kappa shape index (κ1) is 7.15. The molecule has 1 heterocycles. The molecule has 5 heteroatoms. The van der Waals surface area contributed by atoms with Crippen LogP contribution in [-0.4, -0.2) is 9.55 Å². The van der Waals surface area contributed by atoms with Gasteiger partial charge in [0.05, 0.1) is 0 Å². The van der Waals surface area contributed by atoms with Crippen molar-refractivity contribution in [1.82, 2.24) is 9.55 Å². The van der Waals surface area contributed by atoms with E-state index >= 15 is 0 Å². The summed E-state index contributed by atoms with van der Waals surface area (Å²) in [6, 6.07) is 1.35. The van der Waals surface area contributed by atoms with Crippen LogP contribution in [0.5, 0.6) is 5.88 Å². The molecule has 0 saturated heterocycles. The first-order valence-corrected chi connectivity index (χ1v) is 3.74. The number of nitrogen functional groups attached to an aromatic ring is 1. The number of aromatic nitrogens is 2. The monoisotopic (exact) mass is 166 g/mol. The van der Waals surface area contributed by atoms with Crippen molar-refractivity contribution in [2.24, 2.45) is 0 Å². The lowest BCUT2D eigenvalue weighted by molar-refractivity contribution is 0.333. The minimum Gasteiger partial charge on any atom is -0.385 e. The van der Waals surface area contributed by atoms with Gasteiger partial charge in [0.1, 0.15) is 5.82 Å². The van der Waals surface area contributed by atoms with Crippen LogP contribution in [0.2, 0.25) is 0 Å². The molecule has 5 nitrogen and oxygen atoms in total. The summed E-state index contributed by atoms with van der Waals surface area (Å²) in [6.07, 6.45) is 1.90. The topological polar surface area (TPSA) is 80.8 Å². The number of nitrogens with zero attached hydrogens (tertiary/aromatic N) is 2. The summed E-state index contributed by atoms with van der Waals surface area (Å²) in [5, 5.41) is 10.7. The van der Waals surface area contributed by atoms with Crippen molar-refractivity contribution in [3.8, 4) is 5.88 Å². The zero-order valence-electron chi connectivity index (χ0n) is 6.36. The highest BCUT2D eigenvalue weighted by Crippen LogP contribution is 2.35. The molecule has 0 atom stereocenters. The second-order valence-electron chi connectivity index (χ2n) is 2.90. The van der Waals surface area contributed by atoms with Gasteiger partial charge < -0.3 is 5.73 Å². The maximum atomic E-state index is 11.1. The third kappa shape index (κ3) is 1.03. The molecule has 1 fully saturated rings. The smallest absolute Gasteiger partial charge is 0.352 e. The minimum absolute atomic E-state index is 0.172. The fourth-order valence-corrected chi connectivity index (χ4v) is 1.19. The van der Waals surface area contributed by atoms with Gasteiger partial charge >= 0.3 is 5.69 Å². The van der Waals surface area contributed by atoms with Crippen molar-refractivity contribution in [2.45, 2.75) is 18.9 Å². The van der Waals surface area contributed by atoms with Crippen LogP contribution in [0.1, 0.15) is 18.9 Å². The predicted molar refractivity (Wildman–Crippen MR) is 41.3 cm³/mol. The standard InChI is InChI=1S/C7H8N3O2/c8-5-3-6(11)9-7(12)10(5)4-1-2-4/h3-4H,1-2,8H2. The molecular weight excluding hydrogens is 158 g/mol. The van der Waals surface area contributed by atoms with Crippen molar-refractivity contribution < 1.29 is 5.11 Å². The van der Waals surface area contributed by atoms with Crippen molar-refractivity contribution in [3.05, 3.63) is 16.6 Å². The van der Waals surface area contributed by atoms with E-state index in [2.05, 4.69) is 4.98 Å². The van der Waals surface area contributed by atoms with Crippen LogP contribution >= 0.6 is 0 Å². The average Bonchev–Trinajstić information content (AvgIpc) is 2.68. The molecule has 0 bridgehead atoms. The Morgan fingerprint density at radius 3 is 2.75 bits per heavy atom. The van der Waals surface area contributed by atoms with Crippen molar-refractivity contribution >= 4 is 5.82 Å². The van der Waals surface area contributed by atoms with E-state index in [0.717, 1.165) is 12.8 Å². The van der Waals surface area contributed by atoms with Crippen molar-refractivity contribution in [2.75, 3.05) is 5.73 Å². The van der Waals surface area contributed by atoms with Crippen LogP contribution in [0.25, 0.3) is 0 Å². The maximum absolute atomic E-state index is 11.1. The van der Waals surface area contributed by atoms with Gasteiger partial charge in [-0.3, -0.25) is 9.67 Å². The molecule has 0 aromatic carbocycles. The highest BCUT2D eigenvalue weighted by atomic mass is 16.3. The second kappa shape index (κ2) is 2.23. The zero-order valence-corrected chi connectivity index (χ0v) is 6.36. The van der Waals surface area contributed by atoms with Gasteiger partial charge in [-0.25, -0.2) is 4.79 Å². The molecule has 0 unspecified atom stereocenters. The number of nitrogens with two attached hydrogens (primary N) is 1. The normalized spacial score (nSPS) is 16.3. The Morgan fingerprint density at radius 2 is 2.25 bits per heavy atom. The molecule has 12 heavy (non-hydrogen) atoms. The Balaban J connectivity index is 2.59. The third-order valence-corrected chi connectivity index (χ3v) is 1.87. The van der Waals surface area contributed by atoms with E-state index in [4.69, 9.17) is 5.73 Å². The number of hydrogen-bond acceptors (Lipinski definition) is 3. The van der Waals surface area contributed by atoms with Gasteiger partial charge in [-0.1, -0.05) is 0 Å². The van der Waals surface area contributed by atoms with Crippen LogP contribution in [0, 0.1) is 0 Å². The van der Waals surface area contributed by atoms with Gasteiger partial charge in [-0.05, 0) is 12.8 Å². The number of rotatable bonds is 1. The molecule has 63 valence electrons. The highest BCUT2D eigenvalue weighted by molar-refractivity contribution is 5.33. The van der Waals surface area contributed by atoms with Gasteiger partial charge in [-0.2, -0.15) is 4.98 Å². The molecule has 1 radical (unpaired) electrons. The van der Waals surface area contributed by atoms with E-state index in [-0.39, 0.29) is 11.9 Å². The Bertz CT molecular complexity index is 367. The van der Waals surface area contributed by atoms with E-state index in [1.807, 2.05) is 0 Å². The molecule has 1 aliphatic carbocycles. The molecule has 1 saturated carbocycles. The largest absolute Gasteiger partial charge is 0.385 e. The number of anilines is 1. The molecule has 0 aliphatic heterocycles. The summed E-state index contributed by atoms with van der Waals surface area (Å²) in [6.45, 7) is 0. The second-order valence-corrected chi connectivity index (χ2v) is 2.90. The summed E-state index contributed by atoms with van der Waals surface area (Å²) < 4.78 is 1.38. The lowest BCUT2D eigenvalue weighted by Gasteiger charge is -2.04. The van der Waals surface area contributed by atoms with Gasteiger partial charge in [0.2, 0.25) is 0 Å². The van der Waals surface area contributed by atoms with Crippen LogP contribution in [0.15, 0.2) is 10.9 Å². The van der Waals surface area contributed by atoms with E-state index in [9.17, 15) is 9.90 Å². The average molecular weight is 166 g/mol.